The Morgan fingerprint density at radius 1 is 1.09 bits per heavy atom. The summed E-state index contributed by atoms with van der Waals surface area (Å²) in [7, 11) is 0. The number of amides is 1. The van der Waals surface area contributed by atoms with Gasteiger partial charge in [-0.25, -0.2) is 4.52 Å². The van der Waals surface area contributed by atoms with Crippen LogP contribution in [0.2, 0.25) is 10.0 Å². The Morgan fingerprint density at radius 3 is 2.55 bits per heavy atom. The van der Waals surface area contributed by atoms with Crippen molar-refractivity contribution in [1.82, 2.24) is 14.9 Å². The maximum atomic E-state index is 13.4. The molecule has 2 aromatic heterocycles. The summed E-state index contributed by atoms with van der Waals surface area (Å²) < 4.78 is 1.90. The second-order valence-electron chi connectivity index (χ2n) is 8.97. The Bertz CT molecular complexity index is 1370. The molecule has 0 saturated carbocycles. The zero-order chi connectivity index (χ0) is 23.3. The molecule has 0 unspecified atom stereocenters. The molecular formula is C27H25Cl2N3O. The number of hydrogen-bond donors (Lipinski definition) is 1. The molecule has 4 aromatic rings. The van der Waals surface area contributed by atoms with Gasteiger partial charge in [0.15, 0.2) is 0 Å². The third-order valence-electron chi connectivity index (χ3n) is 6.39. The molecule has 1 amide bonds. The fourth-order valence-electron chi connectivity index (χ4n) is 4.99. The molecule has 6 heteroatoms. The number of nitrogens with one attached hydrogen (secondary N) is 1. The van der Waals surface area contributed by atoms with E-state index < -0.39 is 0 Å². The van der Waals surface area contributed by atoms with Gasteiger partial charge in [0.1, 0.15) is 0 Å². The lowest BCUT2D eigenvalue weighted by Crippen LogP contribution is -2.29. The van der Waals surface area contributed by atoms with Gasteiger partial charge >= 0.3 is 0 Å². The summed E-state index contributed by atoms with van der Waals surface area (Å²) in [6.45, 7) is 6.14. The molecule has 168 valence electrons. The van der Waals surface area contributed by atoms with Crippen LogP contribution >= 0.6 is 23.2 Å². The Morgan fingerprint density at radius 2 is 1.82 bits per heavy atom. The highest BCUT2D eigenvalue weighted by molar-refractivity contribution is 6.35. The molecule has 1 atom stereocenters. The van der Waals surface area contributed by atoms with Gasteiger partial charge < -0.3 is 5.32 Å². The summed E-state index contributed by atoms with van der Waals surface area (Å²) in [5.41, 5.74) is 7.74. The summed E-state index contributed by atoms with van der Waals surface area (Å²) in [6.07, 6.45) is 1.91. The highest BCUT2D eigenvalue weighted by Gasteiger charge is 2.27. The molecule has 0 radical (unpaired) electrons. The van der Waals surface area contributed by atoms with Crippen LogP contribution in [-0.2, 0) is 6.42 Å². The number of aryl methyl sites for hydroxylation is 2. The highest BCUT2D eigenvalue weighted by atomic mass is 35.5. The Labute approximate surface area is 203 Å². The molecule has 1 N–H and O–H groups in total. The lowest BCUT2D eigenvalue weighted by molar-refractivity contribution is 0.0934. The van der Waals surface area contributed by atoms with Crippen LogP contribution in [0.5, 0.6) is 0 Å². The number of hydrogen-bond acceptors (Lipinski definition) is 2. The average Bonchev–Trinajstić information content (AvgIpc) is 3.32. The molecule has 33 heavy (non-hydrogen) atoms. The molecule has 0 aliphatic heterocycles. The molecule has 1 aliphatic carbocycles. The number of carbonyl (C=O) groups excluding carboxylic acids is 1. The summed E-state index contributed by atoms with van der Waals surface area (Å²) in [6, 6.07) is 17.8. The van der Waals surface area contributed by atoms with Gasteiger partial charge in [-0.05, 0) is 72.7 Å². The highest BCUT2D eigenvalue weighted by Crippen LogP contribution is 2.35. The van der Waals surface area contributed by atoms with Gasteiger partial charge in [-0.1, -0.05) is 61.3 Å². The summed E-state index contributed by atoms with van der Waals surface area (Å²) in [5.74, 6) is 0.0308. The van der Waals surface area contributed by atoms with Crippen molar-refractivity contribution >= 4 is 34.6 Å². The van der Waals surface area contributed by atoms with Crippen LogP contribution in [0, 0.1) is 6.92 Å². The van der Waals surface area contributed by atoms with Gasteiger partial charge in [0, 0.05) is 15.6 Å². The van der Waals surface area contributed by atoms with E-state index in [0.29, 0.717) is 15.6 Å². The van der Waals surface area contributed by atoms with E-state index in [2.05, 4.69) is 37.4 Å². The van der Waals surface area contributed by atoms with E-state index in [1.807, 2.05) is 41.8 Å². The first kappa shape index (κ1) is 22.0. The maximum absolute atomic E-state index is 13.4. The lowest BCUT2D eigenvalue weighted by Gasteiger charge is -2.18. The monoisotopic (exact) mass is 477 g/mol. The van der Waals surface area contributed by atoms with Crippen molar-refractivity contribution in [1.29, 1.82) is 0 Å². The Balaban J connectivity index is 1.58. The normalized spacial score (nSPS) is 15.3. The number of benzene rings is 2. The van der Waals surface area contributed by atoms with E-state index in [-0.39, 0.29) is 17.9 Å². The zero-order valence-corrected chi connectivity index (χ0v) is 20.3. The van der Waals surface area contributed by atoms with Crippen molar-refractivity contribution in [2.75, 3.05) is 0 Å². The van der Waals surface area contributed by atoms with E-state index in [1.165, 1.54) is 11.1 Å². The van der Waals surface area contributed by atoms with Crippen molar-refractivity contribution in [2.45, 2.75) is 45.6 Å². The van der Waals surface area contributed by atoms with Crippen molar-refractivity contribution in [3.05, 3.63) is 92.7 Å². The smallest absolute Gasteiger partial charge is 0.253 e. The molecular weight excluding hydrogens is 453 g/mol. The predicted octanol–water partition coefficient (Wildman–Crippen LogP) is 7.16. The summed E-state index contributed by atoms with van der Waals surface area (Å²) in [5, 5.41) is 9.25. The zero-order valence-electron chi connectivity index (χ0n) is 18.8. The van der Waals surface area contributed by atoms with Gasteiger partial charge in [0.05, 0.1) is 28.5 Å². The number of carbonyl (C=O) groups is 1. The van der Waals surface area contributed by atoms with Crippen LogP contribution in [0.1, 0.15) is 65.1 Å². The summed E-state index contributed by atoms with van der Waals surface area (Å²) >= 11 is 12.5. The van der Waals surface area contributed by atoms with E-state index in [9.17, 15) is 4.79 Å². The Kier molecular flexibility index (Phi) is 5.67. The number of fused-ring (bicyclic) bond motifs is 2. The third kappa shape index (κ3) is 3.92. The van der Waals surface area contributed by atoms with Crippen LogP contribution in [0.4, 0.5) is 0 Å². The minimum absolute atomic E-state index is 0.0351. The molecule has 0 spiro atoms. The van der Waals surface area contributed by atoms with Gasteiger partial charge in [-0.3, -0.25) is 4.79 Å². The molecule has 0 fully saturated rings. The predicted molar refractivity (Wildman–Crippen MR) is 134 cm³/mol. The SMILES string of the molecule is Cc1nn2c(C(C)C)c(C(=O)N[C@H]3CCc4ccccc43)ccc2c1-c1cc(Cl)cc(Cl)c1. The third-order valence-corrected chi connectivity index (χ3v) is 6.83. The minimum atomic E-state index is -0.0668. The van der Waals surface area contributed by atoms with Crippen molar-refractivity contribution in [3.63, 3.8) is 0 Å². The van der Waals surface area contributed by atoms with E-state index in [1.54, 1.807) is 6.07 Å². The number of nitrogens with zero attached hydrogens (tertiary/aromatic N) is 2. The average molecular weight is 478 g/mol. The van der Waals surface area contributed by atoms with Gasteiger partial charge in [-0.15, -0.1) is 0 Å². The first-order chi connectivity index (χ1) is 15.8. The first-order valence-electron chi connectivity index (χ1n) is 11.2. The fraction of sp³-hybridized carbons (Fsp3) is 0.259. The topological polar surface area (TPSA) is 46.4 Å². The molecule has 4 nitrogen and oxygen atoms in total. The van der Waals surface area contributed by atoms with Gasteiger partial charge in [0.2, 0.25) is 0 Å². The van der Waals surface area contributed by atoms with Gasteiger partial charge in [-0.2, -0.15) is 5.10 Å². The van der Waals surface area contributed by atoms with Crippen LogP contribution in [0.15, 0.2) is 54.6 Å². The quantitative estimate of drug-likeness (QED) is 0.338. The Hall–Kier alpha value is -2.82. The van der Waals surface area contributed by atoms with E-state index >= 15 is 0 Å². The second-order valence-corrected chi connectivity index (χ2v) is 9.84. The largest absolute Gasteiger partial charge is 0.345 e. The minimum Gasteiger partial charge on any atom is -0.345 e. The molecule has 2 heterocycles. The van der Waals surface area contributed by atoms with Crippen LogP contribution < -0.4 is 5.32 Å². The summed E-state index contributed by atoms with van der Waals surface area (Å²) in [4.78, 5) is 13.4. The molecule has 0 bridgehead atoms. The lowest BCUT2D eigenvalue weighted by atomic mass is 9.99. The molecule has 1 aliphatic rings. The molecule has 0 saturated heterocycles. The number of pyridine rings is 1. The first-order valence-corrected chi connectivity index (χ1v) is 12.0. The number of rotatable bonds is 4. The number of halogens is 2. The van der Waals surface area contributed by atoms with Crippen molar-refractivity contribution in [2.24, 2.45) is 0 Å². The van der Waals surface area contributed by atoms with Crippen molar-refractivity contribution < 1.29 is 4.79 Å². The van der Waals surface area contributed by atoms with Crippen LogP contribution in [-0.4, -0.2) is 15.5 Å². The van der Waals surface area contributed by atoms with E-state index in [0.717, 1.165) is 40.9 Å². The molecule has 2 aromatic carbocycles. The fourth-order valence-corrected chi connectivity index (χ4v) is 5.52. The van der Waals surface area contributed by atoms with E-state index in [4.69, 9.17) is 28.3 Å². The van der Waals surface area contributed by atoms with Crippen LogP contribution in [0.3, 0.4) is 0 Å². The van der Waals surface area contributed by atoms with Gasteiger partial charge in [0.25, 0.3) is 5.91 Å². The molecule has 5 rings (SSSR count). The van der Waals surface area contributed by atoms with Crippen LogP contribution in [0.25, 0.3) is 16.6 Å². The number of aromatic nitrogens is 2. The standard InChI is InChI=1S/C27H25Cl2N3O/c1-15(2)26-22(27(33)30-23-10-8-17-6-4-5-7-21(17)23)9-11-24-25(16(3)31-32(24)26)18-12-19(28)14-20(29)13-18/h4-7,9,11-15,23H,8,10H2,1-3H3,(H,30,33)/t23-/m0/s1. The maximum Gasteiger partial charge on any atom is 0.253 e. The van der Waals surface area contributed by atoms with Crippen molar-refractivity contribution in [3.8, 4) is 11.1 Å². The second kappa shape index (κ2) is 8.51.